The molecule has 0 aromatic carbocycles. The third kappa shape index (κ3) is 3.35. The van der Waals surface area contributed by atoms with Crippen molar-refractivity contribution >= 4 is 17.2 Å². The van der Waals surface area contributed by atoms with E-state index in [9.17, 15) is 4.79 Å². The van der Waals surface area contributed by atoms with E-state index in [1.54, 1.807) is 18.4 Å². The van der Waals surface area contributed by atoms with E-state index in [1.165, 1.54) is 5.56 Å². The lowest BCUT2D eigenvalue weighted by Crippen LogP contribution is -2.31. The number of methoxy groups -OCH3 is 1. The van der Waals surface area contributed by atoms with Gasteiger partial charge in [-0.3, -0.25) is 10.1 Å². The van der Waals surface area contributed by atoms with Crippen molar-refractivity contribution in [2.24, 2.45) is 0 Å². The molecule has 1 aromatic rings. The van der Waals surface area contributed by atoms with Crippen LogP contribution in [0.5, 0.6) is 0 Å². The fourth-order valence-corrected chi connectivity index (χ4v) is 3.13. The van der Waals surface area contributed by atoms with E-state index < -0.39 is 0 Å². The molecule has 4 nitrogen and oxygen atoms in total. The Labute approximate surface area is 118 Å². The number of amides is 1. The zero-order valence-corrected chi connectivity index (χ0v) is 12.4. The average Bonchev–Trinajstić information content (AvgIpc) is 3.03. The van der Waals surface area contributed by atoms with Crippen molar-refractivity contribution < 1.29 is 9.53 Å². The minimum absolute atomic E-state index is 0.0349. The first kappa shape index (κ1) is 14.5. The molecule has 2 heterocycles. The number of carbonyl (C=O) groups excluding carboxylic acids is 1. The Morgan fingerprint density at radius 2 is 2.32 bits per heavy atom. The molecule has 1 aliphatic rings. The zero-order valence-electron chi connectivity index (χ0n) is 11.6. The van der Waals surface area contributed by atoms with Crippen molar-refractivity contribution in [3.63, 3.8) is 0 Å². The van der Waals surface area contributed by atoms with E-state index in [0.717, 1.165) is 32.4 Å². The lowest BCUT2D eigenvalue weighted by Gasteiger charge is -2.23. The lowest BCUT2D eigenvalue weighted by atomic mass is 10.2. The molecule has 1 aromatic heterocycles. The van der Waals surface area contributed by atoms with Crippen LogP contribution in [-0.4, -0.2) is 37.1 Å². The Balaban J connectivity index is 2.00. The zero-order chi connectivity index (χ0) is 13.7. The van der Waals surface area contributed by atoms with Gasteiger partial charge in [0.25, 0.3) is 0 Å². The molecule has 2 unspecified atom stereocenters. The van der Waals surface area contributed by atoms with Crippen molar-refractivity contribution in [1.82, 2.24) is 10.2 Å². The number of hydrogen-bond acceptors (Lipinski definition) is 4. The molecule has 1 amide bonds. The fourth-order valence-electron chi connectivity index (χ4n) is 2.45. The van der Waals surface area contributed by atoms with Crippen molar-refractivity contribution in [3.05, 3.63) is 22.4 Å². The molecular formula is C14H22N2O2S. The summed E-state index contributed by atoms with van der Waals surface area (Å²) in [6.07, 6.45) is 2.87. The third-order valence-corrected chi connectivity index (χ3v) is 4.22. The molecule has 0 radical (unpaired) electrons. The van der Waals surface area contributed by atoms with E-state index in [1.807, 2.05) is 4.90 Å². The lowest BCUT2D eigenvalue weighted by molar-refractivity contribution is -0.130. The van der Waals surface area contributed by atoms with Crippen LogP contribution in [0, 0.1) is 0 Å². The van der Waals surface area contributed by atoms with Gasteiger partial charge < -0.3 is 9.64 Å². The number of hydrogen-bond donors (Lipinski definition) is 1. The number of rotatable bonds is 7. The van der Waals surface area contributed by atoms with Crippen LogP contribution >= 0.6 is 11.3 Å². The van der Waals surface area contributed by atoms with Crippen LogP contribution in [0.3, 0.4) is 0 Å². The quantitative estimate of drug-likeness (QED) is 0.781. The maximum absolute atomic E-state index is 12.3. The molecule has 19 heavy (non-hydrogen) atoms. The van der Waals surface area contributed by atoms with Crippen LogP contribution in [0.4, 0.5) is 0 Å². The second-order valence-corrected chi connectivity index (χ2v) is 5.60. The molecule has 0 bridgehead atoms. The summed E-state index contributed by atoms with van der Waals surface area (Å²) >= 11 is 1.67. The van der Waals surface area contributed by atoms with Gasteiger partial charge in [-0.2, -0.15) is 11.3 Å². The normalized spacial score (nSPS) is 23.3. The van der Waals surface area contributed by atoms with Gasteiger partial charge in [-0.05, 0) is 41.7 Å². The number of nitrogens with one attached hydrogen (secondary N) is 1. The molecule has 0 aliphatic carbocycles. The Kier molecular flexibility index (Phi) is 5.36. The van der Waals surface area contributed by atoms with Crippen LogP contribution in [0.15, 0.2) is 16.8 Å². The van der Waals surface area contributed by atoms with Crippen molar-refractivity contribution in [1.29, 1.82) is 0 Å². The first-order valence-corrected chi connectivity index (χ1v) is 7.79. The summed E-state index contributed by atoms with van der Waals surface area (Å²) in [5.74, 6) is 0.233. The number of unbranched alkanes of at least 4 members (excludes halogenated alkanes) is 1. The van der Waals surface area contributed by atoms with Crippen LogP contribution in [-0.2, 0) is 9.53 Å². The molecule has 2 rings (SSSR count). The second kappa shape index (κ2) is 7.03. The molecule has 0 saturated carbocycles. The van der Waals surface area contributed by atoms with Crippen LogP contribution in [0.1, 0.15) is 37.9 Å². The molecule has 5 heteroatoms. The van der Waals surface area contributed by atoms with Crippen LogP contribution < -0.4 is 5.32 Å². The predicted octanol–water partition coefficient (Wildman–Crippen LogP) is 2.38. The van der Waals surface area contributed by atoms with Gasteiger partial charge in [-0.1, -0.05) is 6.92 Å². The SMILES string of the molecule is CCC1NC(c2ccsc2)N(CCCCOC)C1=O. The van der Waals surface area contributed by atoms with Gasteiger partial charge in [0.15, 0.2) is 0 Å². The monoisotopic (exact) mass is 282 g/mol. The largest absolute Gasteiger partial charge is 0.385 e. The third-order valence-electron chi connectivity index (χ3n) is 3.52. The Bertz CT molecular complexity index is 394. The van der Waals surface area contributed by atoms with Crippen LogP contribution in [0.2, 0.25) is 0 Å². The number of carbonyl (C=O) groups is 1. The molecule has 2 atom stereocenters. The summed E-state index contributed by atoms with van der Waals surface area (Å²) in [5, 5.41) is 7.61. The molecule has 0 spiro atoms. The Hall–Kier alpha value is -0.910. The van der Waals surface area contributed by atoms with Crippen LogP contribution in [0.25, 0.3) is 0 Å². The maximum Gasteiger partial charge on any atom is 0.241 e. The number of ether oxygens (including phenoxy) is 1. The molecule has 1 saturated heterocycles. The van der Waals surface area contributed by atoms with Gasteiger partial charge in [-0.25, -0.2) is 0 Å². The highest BCUT2D eigenvalue weighted by Crippen LogP contribution is 2.28. The highest BCUT2D eigenvalue weighted by molar-refractivity contribution is 7.07. The molecule has 106 valence electrons. The van der Waals surface area contributed by atoms with E-state index >= 15 is 0 Å². The summed E-state index contributed by atoms with van der Waals surface area (Å²) in [6, 6.07) is 2.06. The minimum atomic E-state index is -0.0349. The molecule has 1 fully saturated rings. The summed E-state index contributed by atoms with van der Waals surface area (Å²) in [5.41, 5.74) is 1.20. The second-order valence-electron chi connectivity index (χ2n) is 4.82. The van der Waals surface area contributed by atoms with Gasteiger partial charge in [-0.15, -0.1) is 0 Å². The fraction of sp³-hybridized carbons (Fsp3) is 0.643. The molecule has 1 N–H and O–H groups in total. The molecular weight excluding hydrogens is 260 g/mol. The summed E-state index contributed by atoms with van der Waals surface area (Å²) in [7, 11) is 1.71. The van der Waals surface area contributed by atoms with E-state index in [2.05, 4.69) is 29.1 Å². The smallest absolute Gasteiger partial charge is 0.241 e. The van der Waals surface area contributed by atoms with Crippen molar-refractivity contribution in [2.45, 2.75) is 38.4 Å². The Morgan fingerprint density at radius 3 is 2.95 bits per heavy atom. The number of nitrogens with zero attached hydrogens (tertiary/aromatic N) is 1. The average molecular weight is 282 g/mol. The van der Waals surface area contributed by atoms with Crippen molar-refractivity contribution in [3.8, 4) is 0 Å². The first-order chi connectivity index (χ1) is 9.27. The predicted molar refractivity (Wildman–Crippen MR) is 77.1 cm³/mol. The summed E-state index contributed by atoms with van der Waals surface area (Å²) < 4.78 is 5.06. The maximum atomic E-state index is 12.3. The van der Waals surface area contributed by atoms with Gasteiger partial charge in [0.2, 0.25) is 5.91 Å². The van der Waals surface area contributed by atoms with Gasteiger partial charge in [0.05, 0.1) is 6.04 Å². The van der Waals surface area contributed by atoms with E-state index in [-0.39, 0.29) is 18.1 Å². The summed E-state index contributed by atoms with van der Waals surface area (Å²) in [4.78, 5) is 14.3. The molecule has 1 aliphatic heterocycles. The highest BCUT2D eigenvalue weighted by Gasteiger charge is 2.38. The van der Waals surface area contributed by atoms with Crippen molar-refractivity contribution in [2.75, 3.05) is 20.3 Å². The standard InChI is InChI=1S/C14H22N2O2S/c1-3-12-14(17)16(7-4-5-8-18-2)13(15-12)11-6-9-19-10-11/h6,9-10,12-13,15H,3-5,7-8H2,1-2H3. The minimum Gasteiger partial charge on any atom is -0.385 e. The van der Waals surface area contributed by atoms with E-state index in [4.69, 9.17) is 4.74 Å². The van der Waals surface area contributed by atoms with E-state index in [0.29, 0.717) is 0 Å². The Morgan fingerprint density at radius 1 is 1.47 bits per heavy atom. The van der Waals surface area contributed by atoms with Gasteiger partial charge in [0.1, 0.15) is 6.17 Å². The van der Waals surface area contributed by atoms with Gasteiger partial charge >= 0.3 is 0 Å². The van der Waals surface area contributed by atoms with Gasteiger partial charge in [0, 0.05) is 20.3 Å². The first-order valence-electron chi connectivity index (χ1n) is 6.85. The topological polar surface area (TPSA) is 41.6 Å². The highest BCUT2D eigenvalue weighted by atomic mass is 32.1. The summed E-state index contributed by atoms with van der Waals surface area (Å²) in [6.45, 7) is 3.61. The number of thiophene rings is 1.